The third-order valence-electron chi connectivity index (χ3n) is 1.42. The van der Waals surface area contributed by atoms with Gasteiger partial charge in [-0.3, -0.25) is 0 Å². The zero-order chi connectivity index (χ0) is 12.2. The van der Waals surface area contributed by atoms with Gasteiger partial charge in [0.05, 0.1) is 5.56 Å². The van der Waals surface area contributed by atoms with Crippen LogP contribution in [-0.2, 0) is 0 Å². The summed E-state index contributed by atoms with van der Waals surface area (Å²) in [6.45, 7) is 0. The molecule has 0 aliphatic carbocycles. The summed E-state index contributed by atoms with van der Waals surface area (Å²) < 4.78 is 40.3. The van der Waals surface area contributed by atoms with Crippen molar-refractivity contribution in [3.63, 3.8) is 0 Å². The fraction of sp³-hybridized carbons (Fsp3) is 0.100. The minimum absolute atomic E-state index is 0.00192. The predicted octanol–water partition coefficient (Wildman–Crippen LogP) is 3.22. The maximum Gasteiger partial charge on any atom is 0.573 e. The van der Waals surface area contributed by atoms with Crippen LogP contribution in [0, 0.1) is 23.2 Å². The van der Waals surface area contributed by atoms with Crippen molar-refractivity contribution in [1.29, 1.82) is 5.26 Å². The van der Waals surface area contributed by atoms with Crippen LogP contribution in [-0.4, -0.2) is 6.36 Å². The van der Waals surface area contributed by atoms with Crippen molar-refractivity contribution in [3.05, 3.63) is 28.2 Å². The molecule has 0 bridgehead atoms. The lowest BCUT2D eigenvalue weighted by molar-refractivity contribution is -0.274. The van der Waals surface area contributed by atoms with Crippen LogP contribution >= 0.6 is 15.9 Å². The van der Waals surface area contributed by atoms with E-state index in [0.29, 0.717) is 4.47 Å². The normalized spacial score (nSPS) is 9.94. The van der Waals surface area contributed by atoms with Crippen LogP contribution in [0.5, 0.6) is 5.75 Å². The maximum absolute atomic E-state index is 12.0. The molecule has 0 radical (unpaired) electrons. The van der Waals surface area contributed by atoms with Crippen molar-refractivity contribution < 1.29 is 17.9 Å². The van der Waals surface area contributed by atoms with Gasteiger partial charge >= 0.3 is 6.36 Å². The summed E-state index contributed by atoms with van der Waals surface area (Å²) in [6, 6.07) is 5.48. The highest BCUT2D eigenvalue weighted by Gasteiger charge is 2.32. The average Bonchev–Trinajstić information content (AvgIpc) is 2.14. The minimum atomic E-state index is -4.79. The zero-order valence-corrected chi connectivity index (χ0v) is 9.19. The van der Waals surface area contributed by atoms with E-state index in [4.69, 9.17) is 5.26 Å². The van der Waals surface area contributed by atoms with Crippen LogP contribution in [0.4, 0.5) is 13.2 Å². The first-order valence-electron chi connectivity index (χ1n) is 3.88. The lowest BCUT2D eigenvalue weighted by Gasteiger charge is -2.10. The fourth-order valence-electron chi connectivity index (χ4n) is 0.904. The van der Waals surface area contributed by atoms with Gasteiger partial charge in [0.2, 0.25) is 0 Å². The van der Waals surface area contributed by atoms with Gasteiger partial charge in [0.25, 0.3) is 0 Å². The van der Waals surface area contributed by atoms with Gasteiger partial charge in [0.1, 0.15) is 5.75 Å². The Kier molecular flexibility index (Phi) is 3.81. The van der Waals surface area contributed by atoms with E-state index in [2.05, 4.69) is 26.6 Å². The maximum atomic E-state index is 12.0. The van der Waals surface area contributed by atoms with E-state index < -0.39 is 12.1 Å². The topological polar surface area (TPSA) is 33.0 Å². The van der Waals surface area contributed by atoms with Crippen molar-refractivity contribution in [2.75, 3.05) is 0 Å². The predicted molar refractivity (Wildman–Crippen MR) is 53.3 cm³/mol. The average molecular weight is 290 g/mol. The molecule has 0 unspecified atom stereocenters. The molecule has 0 N–H and O–H groups in total. The first-order valence-corrected chi connectivity index (χ1v) is 4.67. The molecule has 16 heavy (non-hydrogen) atoms. The molecule has 6 heteroatoms. The van der Waals surface area contributed by atoms with Crippen molar-refractivity contribution in [1.82, 2.24) is 0 Å². The summed E-state index contributed by atoms with van der Waals surface area (Å²) in [4.78, 5) is 0. The van der Waals surface area contributed by atoms with Crippen molar-refractivity contribution in [2.45, 2.75) is 6.36 Å². The van der Waals surface area contributed by atoms with Crippen LogP contribution in [0.1, 0.15) is 5.56 Å². The number of hydrogen-bond acceptors (Lipinski definition) is 2. The van der Waals surface area contributed by atoms with E-state index in [1.54, 1.807) is 0 Å². The van der Waals surface area contributed by atoms with Crippen molar-refractivity contribution >= 4 is 15.9 Å². The van der Waals surface area contributed by atoms with Crippen LogP contribution < -0.4 is 4.74 Å². The number of hydrogen-bond donors (Lipinski definition) is 0. The van der Waals surface area contributed by atoms with E-state index in [-0.39, 0.29) is 5.56 Å². The Hall–Kier alpha value is -1.66. The molecule has 1 aromatic carbocycles. The number of ether oxygens (including phenoxy) is 1. The molecule has 0 spiro atoms. The van der Waals surface area contributed by atoms with Gasteiger partial charge < -0.3 is 4.74 Å². The number of rotatable bonds is 1. The van der Waals surface area contributed by atoms with E-state index >= 15 is 0 Å². The van der Waals surface area contributed by atoms with E-state index in [1.807, 2.05) is 5.92 Å². The second-order valence-corrected chi connectivity index (χ2v) is 3.47. The number of nitriles is 1. The largest absolute Gasteiger partial charge is 0.573 e. The second-order valence-electron chi connectivity index (χ2n) is 2.55. The highest BCUT2D eigenvalue weighted by molar-refractivity contribution is 9.10. The first-order chi connectivity index (χ1) is 7.42. The van der Waals surface area contributed by atoms with Crippen LogP contribution in [0.2, 0.25) is 0 Å². The van der Waals surface area contributed by atoms with Gasteiger partial charge in [-0.15, -0.1) is 13.2 Å². The molecule has 0 saturated heterocycles. The molecule has 1 aromatic rings. The lowest BCUT2D eigenvalue weighted by atomic mass is 10.2. The molecule has 0 amide bonds. The molecule has 0 aliphatic heterocycles. The number of nitrogens with zero attached hydrogens (tertiary/aromatic N) is 1. The molecule has 0 fully saturated rings. The SMILES string of the molecule is N#CC#Cc1ccc(Br)cc1OC(F)(F)F. The first kappa shape index (κ1) is 12.4. The number of benzene rings is 1. The Balaban J connectivity index is 3.14. The highest BCUT2D eigenvalue weighted by atomic mass is 79.9. The molecule has 0 aliphatic rings. The van der Waals surface area contributed by atoms with Crippen LogP contribution in [0.3, 0.4) is 0 Å². The van der Waals surface area contributed by atoms with E-state index in [1.165, 1.54) is 18.2 Å². The fourth-order valence-corrected chi connectivity index (χ4v) is 1.24. The molecule has 0 heterocycles. The quantitative estimate of drug-likeness (QED) is 0.744. The Bertz CT molecular complexity index is 494. The molecular weight excluding hydrogens is 287 g/mol. The lowest BCUT2D eigenvalue weighted by Crippen LogP contribution is -2.17. The Morgan fingerprint density at radius 2 is 2.00 bits per heavy atom. The number of halogens is 4. The van der Waals surface area contributed by atoms with Gasteiger partial charge in [-0.2, -0.15) is 5.26 Å². The summed E-state index contributed by atoms with van der Waals surface area (Å²) in [7, 11) is 0. The molecule has 0 aromatic heterocycles. The molecule has 1 rings (SSSR count). The van der Waals surface area contributed by atoms with Gasteiger partial charge in [-0.1, -0.05) is 15.9 Å². The third kappa shape index (κ3) is 3.84. The van der Waals surface area contributed by atoms with Crippen molar-refractivity contribution in [2.24, 2.45) is 0 Å². The Labute approximate surface area is 97.8 Å². The summed E-state index contributed by atoms with van der Waals surface area (Å²) in [6.07, 6.45) is -4.79. The Morgan fingerprint density at radius 3 is 2.56 bits per heavy atom. The van der Waals surface area contributed by atoms with Gasteiger partial charge in [0, 0.05) is 10.4 Å². The van der Waals surface area contributed by atoms with Gasteiger partial charge in [0.15, 0.2) is 6.07 Å². The summed E-state index contributed by atoms with van der Waals surface area (Å²) in [5.41, 5.74) is 0.00192. The zero-order valence-electron chi connectivity index (χ0n) is 7.60. The third-order valence-corrected chi connectivity index (χ3v) is 1.92. The molecule has 0 saturated carbocycles. The Morgan fingerprint density at radius 1 is 1.31 bits per heavy atom. The summed E-state index contributed by atoms with van der Waals surface area (Å²) in [5.74, 6) is 3.82. The molecule has 2 nitrogen and oxygen atoms in total. The van der Waals surface area contributed by atoms with E-state index in [9.17, 15) is 13.2 Å². The molecular formula is C10H3BrF3NO. The second kappa shape index (κ2) is 4.91. The van der Waals surface area contributed by atoms with E-state index in [0.717, 1.165) is 6.07 Å². The summed E-state index contributed by atoms with van der Waals surface area (Å²) in [5, 5.41) is 8.21. The van der Waals surface area contributed by atoms with Crippen LogP contribution in [0.25, 0.3) is 0 Å². The number of alkyl halides is 3. The van der Waals surface area contributed by atoms with Crippen LogP contribution in [0.15, 0.2) is 22.7 Å². The standard InChI is InChI=1S/C10H3BrF3NO/c11-8-4-3-7(2-1-5-15)9(6-8)16-10(12,13)14/h3-4,6H. The van der Waals surface area contributed by atoms with Crippen molar-refractivity contribution in [3.8, 4) is 23.7 Å². The molecule has 0 atom stereocenters. The van der Waals surface area contributed by atoms with Gasteiger partial charge in [-0.25, -0.2) is 0 Å². The highest BCUT2D eigenvalue weighted by Crippen LogP contribution is 2.28. The minimum Gasteiger partial charge on any atom is -0.404 e. The monoisotopic (exact) mass is 289 g/mol. The smallest absolute Gasteiger partial charge is 0.404 e. The van der Waals surface area contributed by atoms with Gasteiger partial charge in [-0.05, 0) is 24.1 Å². The summed E-state index contributed by atoms with van der Waals surface area (Å²) >= 11 is 3.01. The molecule has 82 valence electrons.